The number of nitrogens with zero attached hydrogens (tertiary/aromatic N) is 1. The summed E-state index contributed by atoms with van der Waals surface area (Å²) in [6.45, 7) is 0. The second kappa shape index (κ2) is 5.01. The van der Waals surface area contributed by atoms with Gasteiger partial charge < -0.3 is 14.6 Å². The van der Waals surface area contributed by atoms with Crippen LogP contribution in [-0.4, -0.2) is 13.1 Å². The van der Waals surface area contributed by atoms with Gasteiger partial charge in [-0.1, -0.05) is 12.1 Å². The number of hydrogen-bond acceptors (Lipinski definition) is 4. The van der Waals surface area contributed by atoms with E-state index in [1.807, 2.05) is 6.07 Å². The lowest BCUT2D eigenvalue weighted by atomic mass is 10.1. The van der Waals surface area contributed by atoms with Gasteiger partial charge in [-0.3, -0.25) is 0 Å². The monoisotopic (exact) mass is 204 g/mol. The predicted molar refractivity (Wildman–Crippen MR) is 51.0 cm³/mol. The van der Waals surface area contributed by atoms with E-state index in [4.69, 9.17) is 10.00 Å². The van der Waals surface area contributed by atoms with E-state index in [0.717, 1.165) is 5.56 Å². The van der Waals surface area contributed by atoms with Gasteiger partial charge in [-0.05, 0) is 17.2 Å². The molecule has 0 atom stereocenters. The number of carbonyl (C=O) groups excluding carboxylic acids is 1. The number of carbonyl (C=O) groups is 1. The molecule has 15 heavy (non-hydrogen) atoms. The van der Waals surface area contributed by atoms with Gasteiger partial charge in [0.1, 0.15) is 5.75 Å². The van der Waals surface area contributed by atoms with Crippen LogP contribution < -0.4 is 9.84 Å². The molecule has 4 heteroatoms. The minimum absolute atomic E-state index is 0.185. The molecule has 0 aliphatic carbocycles. The van der Waals surface area contributed by atoms with E-state index in [1.54, 1.807) is 18.2 Å². The Labute approximate surface area is 87.7 Å². The highest BCUT2D eigenvalue weighted by molar-refractivity contribution is 5.69. The zero-order valence-corrected chi connectivity index (χ0v) is 8.32. The average Bonchev–Trinajstić information content (AvgIpc) is 2.20. The third-order valence-electron chi connectivity index (χ3n) is 1.97. The zero-order chi connectivity index (χ0) is 11.3. The van der Waals surface area contributed by atoms with E-state index < -0.39 is 5.97 Å². The van der Waals surface area contributed by atoms with Crippen LogP contribution in [-0.2, 0) is 17.6 Å². The van der Waals surface area contributed by atoms with Gasteiger partial charge in [-0.15, -0.1) is 0 Å². The van der Waals surface area contributed by atoms with Gasteiger partial charge in [0.15, 0.2) is 0 Å². The highest BCUT2D eigenvalue weighted by Gasteiger charge is 2.04. The van der Waals surface area contributed by atoms with Crippen molar-refractivity contribution in [2.24, 2.45) is 0 Å². The standard InChI is InChI=1S/C11H11NO3/c1-15-10-6-8(4-5-12)2-3-9(10)7-11(13)14/h2-3,6H,4,7H2,1H3,(H,13,14)/p-1. The molecule has 1 aromatic rings. The van der Waals surface area contributed by atoms with Crippen molar-refractivity contribution >= 4 is 5.97 Å². The van der Waals surface area contributed by atoms with Crippen LogP contribution in [0.4, 0.5) is 0 Å². The summed E-state index contributed by atoms with van der Waals surface area (Å²) in [5.41, 5.74) is 1.36. The lowest BCUT2D eigenvalue weighted by Gasteiger charge is -2.10. The summed E-state index contributed by atoms with van der Waals surface area (Å²) in [6, 6.07) is 7.03. The molecule has 0 amide bonds. The van der Waals surface area contributed by atoms with Crippen molar-refractivity contribution in [3.8, 4) is 11.8 Å². The summed E-state index contributed by atoms with van der Waals surface area (Å²) in [5, 5.41) is 18.9. The fourth-order valence-corrected chi connectivity index (χ4v) is 1.29. The van der Waals surface area contributed by atoms with Crippen LogP contribution >= 0.6 is 0 Å². The number of rotatable bonds is 4. The molecule has 0 fully saturated rings. The van der Waals surface area contributed by atoms with E-state index in [9.17, 15) is 9.90 Å². The largest absolute Gasteiger partial charge is 0.550 e. The first-order chi connectivity index (χ1) is 7.17. The van der Waals surface area contributed by atoms with Crippen LogP contribution in [0.2, 0.25) is 0 Å². The molecule has 78 valence electrons. The lowest BCUT2D eigenvalue weighted by molar-refractivity contribution is -0.304. The Morgan fingerprint density at radius 2 is 2.33 bits per heavy atom. The number of aliphatic carboxylic acids is 1. The fourth-order valence-electron chi connectivity index (χ4n) is 1.29. The maximum Gasteiger partial charge on any atom is 0.122 e. The van der Waals surface area contributed by atoms with Gasteiger partial charge in [-0.25, -0.2) is 0 Å². The van der Waals surface area contributed by atoms with Crippen LogP contribution in [0.3, 0.4) is 0 Å². The van der Waals surface area contributed by atoms with Crippen LogP contribution in [0.15, 0.2) is 18.2 Å². The van der Waals surface area contributed by atoms with Gasteiger partial charge in [-0.2, -0.15) is 5.26 Å². The number of ether oxygens (including phenoxy) is 1. The van der Waals surface area contributed by atoms with E-state index in [-0.39, 0.29) is 12.8 Å². The first kappa shape index (κ1) is 11.1. The van der Waals surface area contributed by atoms with Crippen molar-refractivity contribution in [2.75, 3.05) is 7.11 Å². The Morgan fingerprint density at radius 3 is 2.87 bits per heavy atom. The molecule has 0 heterocycles. The number of benzene rings is 1. The molecular weight excluding hydrogens is 194 g/mol. The first-order valence-corrected chi connectivity index (χ1v) is 4.40. The topological polar surface area (TPSA) is 73.1 Å². The zero-order valence-electron chi connectivity index (χ0n) is 8.32. The first-order valence-electron chi connectivity index (χ1n) is 4.40. The van der Waals surface area contributed by atoms with Crippen molar-refractivity contribution < 1.29 is 14.6 Å². The van der Waals surface area contributed by atoms with Gasteiger partial charge >= 0.3 is 0 Å². The minimum atomic E-state index is -1.15. The van der Waals surface area contributed by atoms with Gasteiger partial charge in [0.2, 0.25) is 0 Å². The second-order valence-electron chi connectivity index (χ2n) is 3.03. The number of hydrogen-bond donors (Lipinski definition) is 0. The predicted octanol–water partition coefficient (Wildman–Crippen LogP) is 0.0537. The Balaban J connectivity index is 2.99. The van der Waals surface area contributed by atoms with Crippen molar-refractivity contribution in [1.29, 1.82) is 5.26 Å². The molecular formula is C11H10NO3-. The summed E-state index contributed by atoms with van der Waals surface area (Å²) in [7, 11) is 1.46. The summed E-state index contributed by atoms with van der Waals surface area (Å²) < 4.78 is 5.03. The summed E-state index contributed by atoms with van der Waals surface area (Å²) >= 11 is 0. The third-order valence-corrected chi connectivity index (χ3v) is 1.97. The van der Waals surface area contributed by atoms with Gasteiger partial charge in [0, 0.05) is 12.4 Å². The molecule has 0 aliphatic heterocycles. The maximum absolute atomic E-state index is 10.4. The van der Waals surface area contributed by atoms with Crippen molar-refractivity contribution in [3.05, 3.63) is 29.3 Å². The molecule has 0 N–H and O–H groups in total. The summed E-state index contributed by atoms with van der Waals surface area (Å²) in [4.78, 5) is 10.4. The van der Waals surface area contributed by atoms with Crippen molar-refractivity contribution in [3.63, 3.8) is 0 Å². The normalized spacial score (nSPS) is 9.33. The van der Waals surface area contributed by atoms with E-state index in [2.05, 4.69) is 0 Å². The third kappa shape index (κ3) is 2.99. The van der Waals surface area contributed by atoms with Crippen LogP contribution in [0.25, 0.3) is 0 Å². The van der Waals surface area contributed by atoms with Crippen molar-refractivity contribution in [2.45, 2.75) is 12.8 Å². The van der Waals surface area contributed by atoms with Crippen LogP contribution in [0, 0.1) is 11.3 Å². The number of methoxy groups -OCH3 is 1. The Hall–Kier alpha value is -2.02. The number of carboxylic acids is 1. The Kier molecular flexibility index (Phi) is 3.69. The van der Waals surface area contributed by atoms with E-state index in [1.165, 1.54) is 7.11 Å². The molecule has 0 bridgehead atoms. The Morgan fingerprint density at radius 1 is 1.60 bits per heavy atom. The highest BCUT2D eigenvalue weighted by Crippen LogP contribution is 2.20. The molecule has 1 aromatic carbocycles. The van der Waals surface area contributed by atoms with Gasteiger partial charge in [0.05, 0.1) is 19.6 Å². The maximum atomic E-state index is 10.4. The SMILES string of the molecule is COc1cc(CC#N)ccc1CC(=O)[O-]. The molecule has 0 saturated carbocycles. The quantitative estimate of drug-likeness (QED) is 0.694. The van der Waals surface area contributed by atoms with Crippen LogP contribution in [0.5, 0.6) is 5.75 Å². The highest BCUT2D eigenvalue weighted by atomic mass is 16.5. The van der Waals surface area contributed by atoms with E-state index >= 15 is 0 Å². The number of nitriles is 1. The fraction of sp³-hybridized carbons (Fsp3) is 0.273. The summed E-state index contributed by atoms with van der Waals surface area (Å²) in [6.07, 6.45) is 0.0952. The minimum Gasteiger partial charge on any atom is -0.550 e. The molecule has 1 rings (SSSR count). The van der Waals surface area contributed by atoms with Crippen molar-refractivity contribution in [1.82, 2.24) is 0 Å². The average molecular weight is 204 g/mol. The number of carboxylic acid groups (broad SMARTS) is 1. The lowest BCUT2D eigenvalue weighted by Crippen LogP contribution is -2.24. The molecule has 0 spiro atoms. The molecule has 0 radical (unpaired) electrons. The smallest absolute Gasteiger partial charge is 0.122 e. The summed E-state index contributed by atoms with van der Waals surface area (Å²) in [5.74, 6) is -0.673. The molecule has 0 saturated heterocycles. The van der Waals surface area contributed by atoms with Gasteiger partial charge in [0.25, 0.3) is 0 Å². The molecule has 0 aliphatic rings. The second-order valence-corrected chi connectivity index (χ2v) is 3.03. The molecule has 0 unspecified atom stereocenters. The molecule has 0 aromatic heterocycles. The van der Waals surface area contributed by atoms with Crippen LogP contribution in [0.1, 0.15) is 11.1 Å². The molecule has 4 nitrogen and oxygen atoms in total. The van der Waals surface area contributed by atoms with E-state index in [0.29, 0.717) is 11.3 Å². The Bertz CT molecular complexity index is 407.